The summed E-state index contributed by atoms with van der Waals surface area (Å²) in [4.78, 5) is 35.6. The Morgan fingerprint density at radius 2 is 2.08 bits per heavy atom. The van der Waals surface area contributed by atoms with Crippen LogP contribution < -0.4 is 0 Å². The maximum atomic E-state index is 12.5. The molecule has 128 valence electrons. The number of methoxy groups -OCH3 is 1. The number of carbonyl (C=O) groups excluding carboxylic acids is 3. The molecule has 3 atom stereocenters. The van der Waals surface area contributed by atoms with Gasteiger partial charge in [-0.25, -0.2) is 4.79 Å². The molecular formula is C19H22O5. The lowest BCUT2D eigenvalue weighted by Gasteiger charge is -2.13. The van der Waals surface area contributed by atoms with Crippen molar-refractivity contribution in [1.29, 1.82) is 0 Å². The molecule has 0 aliphatic heterocycles. The monoisotopic (exact) mass is 330 g/mol. The van der Waals surface area contributed by atoms with Crippen LogP contribution in [0.3, 0.4) is 0 Å². The SMILES string of the molecule is C#CCC1=C(C)C(OC(=O)C2C(C=CC(=O)OC)C2(C)C)CC1=O. The Balaban J connectivity index is 2.04. The molecule has 0 saturated heterocycles. The smallest absolute Gasteiger partial charge is 0.330 e. The number of hydrogen-bond acceptors (Lipinski definition) is 5. The van der Waals surface area contributed by atoms with Gasteiger partial charge in [-0.05, 0) is 23.8 Å². The molecule has 3 unspecified atom stereocenters. The number of rotatable bonds is 5. The Labute approximate surface area is 142 Å². The third-order valence-corrected chi connectivity index (χ3v) is 5.01. The van der Waals surface area contributed by atoms with E-state index in [0.717, 1.165) is 5.57 Å². The second kappa shape index (κ2) is 6.64. The Kier molecular flexibility index (Phi) is 4.98. The van der Waals surface area contributed by atoms with Crippen molar-refractivity contribution in [3.8, 4) is 12.3 Å². The third kappa shape index (κ3) is 3.28. The van der Waals surface area contributed by atoms with E-state index in [4.69, 9.17) is 11.2 Å². The molecule has 2 aliphatic carbocycles. The maximum Gasteiger partial charge on any atom is 0.330 e. The van der Waals surface area contributed by atoms with E-state index in [1.807, 2.05) is 13.8 Å². The number of hydrogen-bond donors (Lipinski definition) is 0. The van der Waals surface area contributed by atoms with Gasteiger partial charge in [-0.2, -0.15) is 0 Å². The fourth-order valence-corrected chi connectivity index (χ4v) is 3.28. The fourth-order valence-electron chi connectivity index (χ4n) is 3.28. The molecule has 2 rings (SSSR count). The molecule has 0 N–H and O–H groups in total. The molecule has 0 radical (unpaired) electrons. The molecule has 24 heavy (non-hydrogen) atoms. The number of allylic oxidation sites excluding steroid dienone is 2. The summed E-state index contributed by atoms with van der Waals surface area (Å²) in [6.07, 6.45) is 8.17. The molecule has 0 heterocycles. The third-order valence-electron chi connectivity index (χ3n) is 5.01. The number of carbonyl (C=O) groups is 3. The zero-order chi connectivity index (χ0) is 18.1. The highest BCUT2D eigenvalue weighted by molar-refractivity contribution is 6.00. The molecule has 0 aromatic rings. The molecule has 0 bridgehead atoms. The van der Waals surface area contributed by atoms with Gasteiger partial charge in [0, 0.05) is 18.1 Å². The van der Waals surface area contributed by atoms with Crippen LogP contribution in [0.2, 0.25) is 0 Å². The van der Waals surface area contributed by atoms with Crippen molar-refractivity contribution in [3.63, 3.8) is 0 Å². The summed E-state index contributed by atoms with van der Waals surface area (Å²) in [6.45, 7) is 5.66. The summed E-state index contributed by atoms with van der Waals surface area (Å²) in [5, 5.41) is 0. The van der Waals surface area contributed by atoms with Gasteiger partial charge in [0.1, 0.15) is 6.10 Å². The normalized spacial score (nSPS) is 28.0. The number of ketones is 1. The van der Waals surface area contributed by atoms with Crippen molar-refractivity contribution in [2.45, 2.75) is 39.7 Å². The minimum atomic E-state index is -0.532. The van der Waals surface area contributed by atoms with Gasteiger partial charge in [0.25, 0.3) is 0 Å². The summed E-state index contributed by atoms with van der Waals surface area (Å²) in [7, 11) is 1.30. The highest BCUT2D eigenvalue weighted by Crippen LogP contribution is 2.59. The van der Waals surface area contributed by atoms with Crippen LogP contribution in [0.15, 0.2) is 23.3 Å². The standard InChI is InChI=1S/C19H22O5/c1-6-7-12-11(2)15(10-14(12)20)24-18(22)17-13(19(17,3)4)8-9-16(21)23-5/h1,8-9,13,15,17H,7,10H2,2-5H3. The van der Waals surface area contributed by atoms with Crippen LogP contribution in [0, 0.1) is 29.6 Å². The average molecular weight is 330 g/mol. The van der Waals surface area contributed by atoms with Gasteiger partial charge in [-0.3, -0.25) is 9.59 Å². The van der Waals surface area contributed by atoms with Gasteiger partial charge < -0.3 is 9.47 Å². The molecule has 2 aliphatic rings. The summed E-state index contributed by atoms with van der Waals surface area (Å²) in [5.74, 6) is 1.18. The topological polar surface area (TPSA) is 69.7 Å². The second-order valence-electron chi connectivity index (χ2n) is 6.80. The van der Waals surface area contributed by atoms with Gasteiger partial charge >= 0.3 is 11.9 Å². The summed E-state index contributed by atoms with van der Waals surface area (Å²) in [6, 6.07) is 0. The predicted octanol–water partition coefficient (Wildman–Crippen LogP) is 2.21. The van der Waals surface area contributed by atoms with Crippen LogP contribution in [0.4, 0.5) is 0 Å². The van der Waals surface area contributed by atoms with Crippen LogP contribution >= 0.6 is 0 Å². The molecule has 5 heteroatoms. The van der Waals surface area contributed by atoms with Crippen molar-refractivity contribution in [1.82, 2.24) is 0 Å². The summed E-state index contributed by atoms with van der Waals surface area (Å²) in [5.41, 5.74) is 1.03. The number of terminal acetylenes is 1. The molecule has 0 spiro atoms. The number of esters is 2. The first-order valence-electron chi connectivity index (χ1n) is 7.87. The van der Waals surface area contributed by atoms with E-state index in [0.29, 0.717) is 5.57 Å². The van der Waals surface area contributed by atoms with E-state index in [9.17, 15) is 14.4 Å². The van der Waals surface area contributed by atoms with E-state index in [-0.39, 0.29) is 41.8 Å². The van der Waals surface area contributed by atoms with Crippen LogP contribution in [-0.2, 0) is 23.9 Å². The lowest BCUT2D eigenvalue weighted by molar-refractivity contribution is -0.150. The summed E-state index contributed by atoms with van der Waals surface area (Å²) >= 11 is 0. The quantitative estimate of drug-likeness (QED) is 0.439. The van der Waals surface area contributed by atoms with Gasteiger partial charge in [-0.15, -0.1) is 12.3 Å². The van der Waals surface area contributed by atoms with E-state index in [1.165, 1.54) is 13.2 Å². The van der Waals surface area contributed by atoms with Gasteiger partial charge in [0.05, 0.1) is 19.4 Å². The number of ether oxygens (including phenoxy) is 2. The highest BCUT2D eigenvalue weighted by atomic mass is 16.5. The minimum absolute atomic E-state index is 0.0551. The van der Waals surface area contributed by atoms with Crippen molar-refractivity contribution in [3.05, 3.63) is 23.3 Å². The van der Waals surface area contributed by atoms with Crippen LogP contribution in [0.1, 0.15) is 33.6 Å². The predicted molar refractivity (Wildman–Crippen MR) is 87.6 cm³/mol. The Bertz CT molecular complexity index is 674. The van der Waals surface area contributed by atoms with Crippen LogP contribution in [-0.4, -0.2) is 30.9 Å². The molecule has 5 nitrogen and oxygen atoms in total. The van der Waals surface area contributed by atoms with E-state index in [2.05, 4.69) is 10.7 Å². The molecule has 0 amide bonds. The van der Waals surface area contributed by atoms with Crippen molar-refractivity contribution >= 4 is 17.7 Å². The average Bonchev–Trinajstić information content (AvgIpc) is 2.99. The van der Waals surface area contributed by atoms with Crippen molar-refractivity contribution in [2.75, 3.05) is 7.11 Å². The minimum Gasteiger partial charge on any atom is -0.466 e. The molecule has 1 fully saturated rings. The lowest BCUT2D eigenvalue weighted by Crippen LogP contribution is -2.20. The summed E-state index contributed by atoms with van der Waals surface area (Å²) < 4.78 is 10.1. The van der Waals surface area contributed by atoms with Gasteiger partial charge in [-0.1, -0.05) is 19.9 Å². The van der Waals surface area contributed by atoms with Gasteiger partial charge in [0.15, 0.2) is 5.78 Å². The first-order valence-corrected chi connectivity index (χ1v) is 7.87. The number of Topliss-reactive ketones (excluding diaryl/α,β-unsaturated/α-hetero) is 1. The molecular weight excluding hydrogens is 308 g/mol. The Hall–Kier alpha value is -2.35. The van der Waals surface area contributed by atoms with E-state index >= 15 is 0 Å². The van der Waals surface area contributed by atoms with Crippen LogP contribution in [0.5, 0.6) is 0 Å². The van der Waals surface area contributed by atoms with E-state index in [1.54, 1.807) is 13.0 Å². The molecule has 0 aromatic carbocycles. The molecule has 0 aromatic heterocycles. The maximum absolute atomic E-state index is 12.5. The lowest BCUT2D eigenvalue weighted by atomic mass is 10.1. The Morgan fingerprint density at radius 3 is 2.67 bits per heavy atom. The fraction of sp³-hybridized carbons (Fsp3) is 0.526. The first kappa shape index (κ1) is 18.0. The first-order chi connectivity index (χ1) is 11.2. The van der Waals surface area contributed by atoms with Gasteiger partial charge in [0.2, 0.25) is 0 Å². The van der Waals surface area contributed by atoms with Crippen LogP contribution in [0.25, 0.3) is 0 Å². The van der Waals surface area contributed by atoms with E-state index < -0.39 is 12.1 Å². The van der Waals surface area contributed by atoms with Crippen molar-refractivity contribution in [2.24, 2.45) is 17.3 Å². The zero-order valence-corrected chi connectivity index (χ0v) is 14.4. The van der Waals surface area contributed by atoms with Crippen molar-refractivity contribution < 1.29 is 23.9 Å². The zero-order valence-electron chi connectivity index (χ0n) is 14.4. The highest BCUT2D eigenvalue weighted by Gasteiger charge is 2.61. The largest absolute Gasteiger partial charge is 0.466 e. The molecule has 1 saturated carbocycles. The second-order valence-corrected chi connectivity index (χ2v) is 6.80. The Morgan fingerprint density at radius 1 is 1.42 bits per heavy atom.